The van der Waals surface area contributed by atoms with Gasteiger partial charge in [0.25, 0.3) is 0 Å². The van der Waals surface area contributed by atoms with E-state index >= 15 is 0 Å². The van der Waals surface area contributed by atoms with E-state index in [1.165, 1.54) is 0 Å². The average molecular weight is 272 g/mol. The fourth-order valence-electron chi connectivity index (χ4n) is 2.22. The third-order valence-electron chi connectivity index (χ3n) is 3.12. The molecule has 2 aliphatic rings. The molecule has 1 N–H and O–H groups in total. The highest BCUT2D eigenvalue weighted by atomic mass is 16.6. The van der Waals surface area contributed by atoms with Crippen LogP contribution in [-0.2, 0) is 14.2 Å². The maximum absolute atomic E-state index is 12.0. The minimum atomic E-state index is -0.465. The molecule has 6 nitrogen and oxygen atoms in total. The molecule has 0 aromatic heterocycles. The molecular formula is C13H24N2O4. The Bertz CT molecular complexity index is 310. The van der Waals surface area contributed by atoms with Gasteiger partial charge in [-0.15, -0.1) is 0 Å². The minimum absolute atomic E-state index is 0.0130. The molecule has 110 valence electrons. The van der Waals surface area contributed by atoms with Crippen LogP contribution in [0.4, 0.5) is 4.79 Å². The van der Waals surface area contributed by atoms with E-state index in [9.17, 15) is 4.79 Å². The Morgan fingerprint density at radius 2 is 2.00 bits per heavy atom. The van der Waals surface area contributed by atoms with E-state index in [2.05, 4.69) is 5.32 Å². The summed E-state index contributed by atoms with van der Waals surface area (Å²) in [5, 5.41) is 3.27. The number of morpholine rings is 2. The van der Waals surface area contributed by atoms with E-state index in [1.807, 2.05) is 20.8 Å². The van der Waals surface area contributed by atoms with Crippen molar-refractivity contribution in [1.82, 2.24) is 10.2 Å². The zero-order chi connectivity index (χ0) is 13.9. The summed E-state index contributed by atoms with van der Waals surface area (Å²) in [6, 6.07) is 0. The fourth-order valence-corrected chi connectivity index (χ4v) is 2.22. The Morgan fingerprint density at radius 1 is 1.26 bits per heavy atom. The Balaban J connectivity index is 1.87. The van der Waals surface area contributed by atoms with Gasteiger partial charge in [-0.2, -0.15) is 0 Å². The topological polar surface area (TPSA) is 60.0 Å². The SMILES string of the molecule is CC(C)(C)OC(=O)N1CCOC(C2CNCCO2)C1. The zero-order valence-electron chi connectivity index (χ0n) is 12.0. The quantitative estimate of drug-likeness (QED) is 0.758. The van der Waals surface area contributed by atoms with Crippen molar-refractivity contribution < 1.29 is 19.0 Å². The summed E-state index contributed by atoms with van der Waals surface area (Å²) >= 11 is 0. The highest BCUT2D eigenvalue weighted by Crippen LogP contribution is 2.16. The van der Waals surface area contributed by atoms with E-state index in [-0.39, 0.29) is 18.3 Å². The molecule has 6 heteroatoms. The van der Waals surface area contributed by atoms with Crippen LogP contribution >= 0.6 is 0 Å². The minimum Gasteiger partial charge on any atom is -0.444 e. The van der Waals surface area contributed by atoms with E-state index in [4.69, 9.17) is 14.2 Å². The first kappa shape index (κ1) is 14.6. The lowest BCUT2D eigenvalue weighted by molar-refractivity contribution is -0.117. The smallest absolute Gasteiger partial charge is 0.410 e. The van der Waals surface area contributed by atoms with Gasteiger partial charge in [-0.05, 0) is 20.8 Å². The van der Waals surface area contributed by atoms with Gasteiger partial charge in [-0.1, -0.05) is 0 Å². The summed E-state index contributed by atoms with van der Waals surface area (Å²) in [5.41, 5.74) is -0.465. The highest BCUT2D eigenvalue weighted by molar-refractivity contribution is 5.68. The molecule has 0 spiro atoms. The van der Waals surface area contributed by atoms with Crippen LogP contribution in [0.25, 0.3) is 0 Å². The zero-order valence-corrected chi connectivity index (χ0v) is 12.0. The molecular weight excluding hydrogens is 248 g/mol. The van der Waals surface area contributed by atoms with Crippen LogP contribution in [0, 0.1) is 0 Å². The summed E-state index contributed by atoms with van der Waals surface area (Å²) in [5.74, 6) is 0. The van der Waals surface area contributed by atoms with E-state index in [0.29, 0.717) is 26.3 Å². The van der Waals surface area contributed by atoms with Gasteiger partial charge in [0, 0.05) is 19.6 Å². The maximum atomic E-state index is 12.0. The van der Waals surface area contributed by atoms with Crippen LogP contribution < -0.4 is 5.32 Å². The Kier molecular flexibility index (Phi) is 4.65. The molecule has 2 atom stereocenters. The molecule has 2 rings (SSSR count). The number of nitrogens with zero attached hydrogens (tertiary/aromatic N) is 1. The maximum Gasteiger partial charge on any atom is 0.410 e. The molecule has 0 aliphatic carbocycles. The van der Waals surface area contributed by atoms with Gasteiger partial charge in [-0.3, -0.25) is 0 Å². The second-order valence-corrected chi connectivity index (χ2v) is 5.95. The molecule has 0 aromatic rings. The molecule has 2 heterocycles. The Labute approximate surface area is 114 Å². The van der Waals surface area contributed by atoms with Crippen LogP contribution in [-0.4, -0.2) is 68.2 Å². The van der Waals surface area contributed by atoms with Crippen molar-refractivity contribution in [2.75, 3.05) is 39.4 Å². The van der Waals surface area contributed by atoms with Crippen LogP contribution in [0.15, 0.2) is 0 Å². The molecule has 0 bridgehead atoms. The number of amides is 1. The van der Waals surface area contributed by atoms with Gasteiger partial charge in [0.1, 0.15) is 11.7 Å². The second-order valence-electron chi connectivity index (χ2n) is 5.95. The number of hydrogen-bond acceptors (Lipinski definition) is 5. The van der Waals surface area contributed by atoms with Crippen molar-refractivity contribution in [3.63, 3.8) is 0 Å². The average Bonchev–Trinajstić information content (AvgIpc) is 2.38. The van der Waals surface area contributed by atoms with Crippen LogP contribution in [0.5, 0.6) is 0 Å². The first-order valence-corrected chi connectivity index (χ1v) is 6.87. The van der Waals surface area contributed by atoms with Crippen LogP contribution in [0.2, 0.25) is 0 Å². The van der Waals surface area contributed by atoms with E-state index in [1.54, 1.807) is 4.90 Å². The lowest BCUT2D eigenvalue weighted by atomic mass is 10.1. The molecule has 2 fully saturated rings. The predicted molar refractivity (Wildman–Crippen MR) is 70.2 cm³/mol. The molecule has 0 aromatic carbocycles. The summed E-state index contributed by atoms with van der Waals surface area (Å²) in [6.07, 6.45) is -0.336. The van der Waals surface area contributed by atoms with Crippen LogP contribution in [0.1, 0.15) is 20.8 Å². The molecule has 19 heavy (non-hydrogen) atoms. The van der Waals surface area contributed by atoms with Gasteiger partial charge in [0.05, 0.1) is 25.9 Å². The van der Waals surface area contributed by atoms with E-state index < -0.39 is 5.60 Å². The third-order valence-corrected chi connectivity index (χ3v) is 3.12. The first-order valence-electron chi connectivity index (χ1n) is 6.87. The van der Waals surface area contributed by atoms with Crippen molar-refractivity contribution in [1.29, 1.82) is 0 Å². The molecule has 0 radical (unpaired) electrons. The first-order chi connectivity index (χ1) is 8.96. The lowest BCUT2D eigenvalue weighted by Gasteiger charge is -2.38. The van der Waals surface area contributed by atoms with Crippen molar-refractivity contribution in [3.05, 3.63) is 0 Å². The predicted octanol–water partition coefficient (Wildman–Crippen LogP) is 0.611. The van der Waals surface area contributed by atoms with Gasteiger partial charge in [0.2, 0.25) is 0 Å². The number of nitrogens with one attached hydrogen (secondary N) is 1. The normalized spacial score (nSPS) is 29.1. The molecule has 1 amide bonds. The standard InChI is InChI=1S/C13H24N2O4/c1-13(2,3)19-12(16)15-5-7-18-11(9-15)10-8-14-4-6-17-10/h10-11,14H,4-9H2,1-3H3. The Hall–Kier alpha value is -0.850. The summed E-state index contributed by atoms with van der Waals surface area (Å²) in [6.45, 7) is 9.59. The van der Waals surface area contributed by atoms with Gasteiger partial charge in [0.15, 0.2) is 0 Å². The number of rotatable bonds is 1. The Morgan fingerprint density at radius 3 is 2.63 bits per heavy atom. The van der Waals surface area contributed by atoms with Crippen molar-refractivity contribution in [2.45, 2.75) is 38.6 Å². The number of ether oxygens (including phenoxy) is 3. The number of carbonyl (C=O) groups excluding carboxylic acids is 1. The largest absolute Gasteiger partial charge is 0.444 e. The fraction of sp³-hybridized carbons (Fsp3) is 0.923. The van der Waals surface area contributed by atoms with Crippen molar-refractivity contribution in [3.8, 4) is 0 Å². The molecule has 0 saturated carbocycles. The van der Waals surface area contributed by atoms with Crippen molar-refractivity contribution >= 4 is 6.09 Å². The summed E-state index contributed by atoms with van der Waals surface area (Å²) in [7, 11) is 0. The molecule has 2 aliphatic heterocycles. The monoisotopic (exact) mass is 272 g/mol. The highest BCUT2D eigenvalue weighted by Gasteiger charge is 2.33. The summed E-state index contributed by atoms with van der Waals surface area (Å²) in [4.78, 5) is 13.7. The van der Waals surface area contributed by atoms with Crippen LogP contribution in [0.3, 0.4) is 0 Å². The van der Waals surface area contributed by atoms with Gasteiger partial charge < -0.3 is 24.4 Å². The third kappa shape index (κ3) is 4.33. The molecule has 2 unspecified atom stereocenters. The second kappa shape index (κ2) is 6.07. The van der Waals surface area contributed by atoms with Gasteiger partial charge >= 0.3 is 6.09 Å². The lowest BCUT2D eigenvalue weighted by Crippen LogP contribution is -2.55. The molecule has 2 saturated heterocycles. The number of hydrogen-bond donors (Lipinski definition) is 1. The van der Waals surface area contributed by atoms with Gasteiger partial charge in [-0.25, -0.2) is 4.79 Å². The van der Waals surface area contributed by atoms with Crippen molar-refractivity contribution in [2.24, 2.45) is 0 Å². The number of carbonyl (C=O) groups is 1. The summed E-state index contributed by atoms with van der Waals surface area (Å²) < 4.78 is 16.8. The van der Waals surface area contributed by atoms with E-state index in [0.717, 1.165) is 13.1 Å².